The molecule has 3 rings (SSSR count). The summed E-state index contributed by atoms with van der Waals surface area (Å²) in [6.07, 6.45) is 1.53. The van der Waals surface area contributed by atoms with E-state index in [4.69, 9.17) is 21.1 Å². The van der Waals surface area contributed by atoms with Gasteiger partial charge in [0.2, 0.25) is 5.90 Å². The van der Waals surface area contributed by atoms with Crippen LogP contribution in [0.5, 0.6) is 5.75 Å². The molecule has 0 amide bonds. The van der Waals surface area contributed by atoms with Crippen LogP contribution in [0.2, 0.25) is 5.02 Å². The molecule has 0 aliphatic carbocycles. The molecule has 0 aromatic heterocycles. The highest BCUT2D eigenvalue weighted by atomic mass is 79.9. The molecule has 0 radical (unpaired) electrons. The molecule has 0 N–H and O–H groups in total. The maximum atomic E-state index is 12.3. The number of nitro benzene ring substituents is 1. The minimum atomic E-state index is -0.692. The number of esters is 1. The molecule has 1 aliphatic rings. The molecule has 0 atom stereocenters. The number of carbonyl (C=O) groups is 1. The number of hydrogen-bond donors (Lipinski definition) is 0. The maximum absolute atomic E-state index is 12.3. The number of ether oxygens (including phenoxy) is 2. The fourth-order valence-corrected chi connectivity index (χ4v) is 4.12. The molecular weight excluding hydrogens is 543 g/mol. The van der Waals surface area contributed by atoms with Crippen molar-refractivity contribution in [1.82, 2.24) is 0 Å². The largest absolute Gasteiger partial charge is 0.487 e. The van der Waals surface area contributed by atoms with Gasteiger partial charge in [-0.05, 0) is 74.2 Å². The van der Waals surface area contributed by atoms with Gasteiger partial charge in [-0.1, -0.05) is 18.2 Å². The van der Waals surface area contributed by atoms with Gasteiger partial charge in [-0.3, -0.25) is 10.1 Å². The van der Waals surface area contributed by atoms with E-state index in [-0.39, 0.29) is 27.9 Å². The summed E-state index contributed by atoms with van der Waals surface area (Å²) < 4.78 is 12.2. The summed E-state index contributed by atoms with van der Waals surface area (Å²) >= 11 is 13.0. The molecule has 0 unspecified atom stereocenters. The van der Waals surface area contributed by atoms with E-state index < -0.39 is 10.9 Å². The zero-order valence-electron chi connectivity index (χ0n) is 15.4. The highest BCUT2D eigenvalue weighted by Crippen LogP contribution is 2.36. The average Bonchev–Trinajstić information content (AvgIpc) is 3.01. The van der Waals surface area contributed by atoms with E-state index in [9.17, 15) is 14.9 Å². The Hall–Kier alpha value is -2.49. The van der Waals surface area contributed by atoms with Crippen LogP contribution in [0.1, 0.15) is 18.1 Å². The summed E-state index contributed by atoms with van der Waals surface area (Å²) in [5, 5.41) is 11.2. The van der Waals surface area contributed by atoms with Crippen molar-refractivity contribution in [2.24, 2.45) is 4.99 Å². The fourth-order valence-electron chi connectivity index (χ4n) is 2.47. The van der Waals surface area contributed by atoms with E-state index in [1.54, 1.807) is 12.1 Å². The summed E-state index contributed by atoms with van der Waals surface area (Å²) in [6.45, 7) is 6.02. The lowest BCUT2D eigenvalue weighted by Crippen LogP contribution is -2.06. The number of nitrogens with zero attached hydrogens (tertiary/aromatic N) is 2. The van der Waals surface area contributed by atoms with E-state index in [0.717, 1.165) is 5.57 Å². The number of carbonyl (C=O) groups excluding carboxylic acids is 1. The minimum Gasteiger partial charge on any atom is -0.487 e. The van der Waals surface area contributed by atoms with Crippen molar-refractivity contribution in [3.05, 3.63) is 83.4 Å². The fraction of sp³-hybridized carbons (Fsp3) is 0.100. The van der Waals surface area contributed by atoms with Gasteiger partial charge in [-0.2, -0.15) is 0 Å². The number of rotatable bonds is 6. The molecule has 1 heterocycles. The molecule has 1 aliphatic heterocycles. The Morgan fingerprint density at radius 1 is 1.33 bits per heavy atom. The molecule has 7 nitrogen and oxygen atoms in total. The van der Waals surface area contributed by atoms with Crippen molar-refractivity contribution in [2.45, 2.75) is 6.92 Å². The van der Waals surface area contributed by atoms with E-state index in [1.165, 1.54) is 24.3 Å². The molecule has 0 spiro atoms. The average molecular weight is 557 g/mol. The first-order valence-corrected chi connectivity index (χ1v) is 10.3. The smallest absolute Gasteiger partial charge is 0.363 e. The zero-order chi connectivity index (χ0) is 22.0. The van der Waals surface area contributed by atoms with Crippen LogP contribution in [0.3, 0.4) is 0 Å². The van der Waals surface area contributed by atoms with Crippen LogP contribution in [-0.2, 0) is 9.53 Å². The monoisotopic (exact) mass is 554 g/mol. The van der Waals surface area contributed by atoms with Gasteiger partial charge >= 0.3 is 5.97 Å². The van der Waals surface area contributed by atoms with Crippen molar-refractivity contribution < 1.29 is 19.2 Å². The van der Waals surface area contributed by atoms with Crippen molar-refractivity contribution in [2.75, 3.05) is 6.61 Å². The summed E-state index contributed by atoms with van der Waals surface area (Å²) in [7, 11) is 0. The number of non-ortho nitro benzene ring substituents is 1. The van der Waals surface area contributed by atoms with Crippen LogP contribution in [0, 0.1) is 10.1 Å². The van der Waals surface area contributed by atoms with Crippen LogP contribution < -0.4 is 4.74 Å². The van der Waals surface area contributed by atoms with E-state index in [2.05, 4.69) is 43.4 Å². The Morgan fingerprint density at radius 2 is 2.00 bits per heavy atom. The number of cyclic esters (lactones) is 1. The summed E-state index contributed by atoms with van der Waals surface area (Å²) in [5.41, 5.74) is 1.52. The second-order valence-corrected chi connectivity index (χ2v) is 8.43. The van der Waals surface area contributed by atoms with Crippen LogP contribution in [0.15, 0.2) is 62.1 Å². The molecule has 0 bridgehead atoms. The van der Waals surface area contributed by atoms with Crippen molar-refractivity contribution in [3.63, 3.8) is 0 Å². The Balaban J connectivity index is 1.94. The third-order valence-electron chi connectivity index (χ3n) is 3.80. The third-order valence-corrected chi connectivity index (χ3v) is 5.31. The Labute approximate surface area is 193 Å². The molecule has 0 saturated heterocycles. The van der Waals surface area contributed by atoms with Gasteiger partial charge in [0.15, 0.2) is 5.70 Å². The quantitative estimate of drug-likeness (QED) is 0.142. The second-order valence-electron chi connectivity index (χ2n) is 6.32. The van der Waals surface area contributed by atoms with Gasteiger partial charge in [0, 0.05) is 12.1 Å². The summed E-state index contributed by atoms with van der Waals surface area (Å²) in [6, 6.07) is 7.33. The molecule has 10 heteroatoms. The molecule has 2 aromatic rings. The van der Waals surface area contributed by atoms with E-state index in [0.29, 0.717) is 26.9 Å². The van der Waals surface area contributed by atoms with Crippen molar-refractivity contribution in [3.8, 4) is 5.75 Å². The predicted octanol–water partition coefficient (Wildman–Crippen LogP) is 6.07. The SMILES string of the molecule is C=C(C)COc1c(Br)cc(/C=C2\N=C(c3cc([N+](=O)[O-])ccc3Cl)OC2=O)cc1Br. The summed E-state index contributed by atoms with van der Waals surface area (Å²) in [4.78, 5) is 26.9. The van der Waals surface area contributed by atoms with E-state index >= 15 is 0 Å². The van der Waals surface area contributed by atoms with Gasteiger partial charge in [0.1, 0.15) is 12.4 Å². The first-order valence-electron chi connectivity index (χ1n) is 8.39. The van der Waals surface area contributed by atoms with Crippen molar-refractivity contribution in [1.29, 1.82) is 0 Å². The highest BCUT2D eigenvalue weighted by molar-refractivity contribution is 9.11. The first kappa shape index (κ1) is 22.2. The Bertz CT molecular complexity index is 1120. The van der Waals surface area contributed by atoms with Crippen LogP contribution in [-0.4, -0.2) is 23.4 Å². The normalized spacial score (nSPS) is 14.5. The zero-order valence-corrected chi connectivity index (χ0v) is 19.4. The Kier molecular flexibility index (Phi) is 6.74. The predicted molar refractivity (Wildman–Crippen MR) is 121 cm³/mol. The Morgan fingerprint density at radius 3 is 2.60 bits per heavy atom. The standard InChI is InChI=1S/C20H13Br2ClN2O5/c1-10(2)9-29-18-14(21)5-11(6-15(18)22)7-17-20(26)30-19(24-17)13-8-12(25(27)28)3-4-16(13)23/h3-8H,1,9H2,2H3/b17-7-. The number of nitro groups is 1. The number of aliphatic imine (C=N–C) groups is 1. The lowest BCUT2D eigenvalue weighted by atomic mass is 10.2. The summed E-state index contributed by atoms with van der Waals surface area (Å²) in [5.74, 6) is -0.191. The van der Waals surface area contributed by atoms with Gasteiger partial charge in [-0.15, -0.1) is 0 Å². The number of benzene rings is 2. The lowest BCUT2D eigenvalue weighted by molar-refractivity contribution is -0.384. The van der Waals surface area contributed by atoms with Gasteiger partial charge in [0.05, 0.1) is 24.5 Å². The van der Waals surface area contributed by atoms with E-state index in [1.807, 2.05) is 6.92 Å². The molecule has 2 aromatic carbocycles. The number of hydrogen-bond acceptors (Lipinski definition) is 6. The lowest BCUT2D eigenvalue weighted by Gasteiger charge is -2.11. The van der Waals surface area contributed by atoms with Gasteiger partial charge in [0.25, 0.3) is 5.69 Å². The molecule has 154 valence electrons. The molecule has 30 heavy (non-hydrogen) atoms. The minimum absolute atomic E-state index is 0.0296. The van der Waals surface area contributed by atoms with Crippen LogP contribution in [0.4, 0.5) is 5.69 Å². The van der Waals surface area contributed by atoms with Crippen LogP contribution in [0.25, 0.3) is 6.08 Å². The second kappa shape index (κ2) is 9.11. The third kappa shape index (κ3) is 4.97. The van der Waals surface area contributed by atoms with Gasteiger partial charge in [-0.25, -0.2) is 9.79 Å². The van der Waals surface area contributed by atoms with Crippen LogP contribution >= 0.6 is 43.5 Å². The van der Waals surface area contributed by atoms with Gasteiger partial charge < -0.3 is 9.47 Å². The van der Waals surface area contributed by atoms with Crippen molar-refractivity contribution >= 4 is 67.1 Å². The number of halogens is 3. The molecular formula is C20H13Br2ClN2O5. The first-order chi connectivity index (χ1) is 14.2. The topological polar surface area (TPSA) is 91.0 Å². The maximum Gasteiger partial charge on any atom is 0.363 e. The molecule has 0 fully saturated rings. The highest BCUT2D eigenvalue weighted by Gasteiger charge is 2.27. The molecule has 0 saturated carbocycles.